The molecule has 0 aromatic heterocycles. The molecule has 0 spiro atoms. The molecule has 3 rings (SSSR count). The van der Waals surface area contributed by atoms with Crippen LogP contribution >= 0.6 is 34.8 Å². The van der Waals surface area contributed by atoms with Crippen LogP contribution in [0.3, 0.4) is 0 Å². The Labute approximate surface area is 187 Å². The lowest BCUT2D eigenvalue weighted by Crippen LogP contribution is -2.14. The third kappa shape index (κ3) is 5.60. The predicted molar refractivity (Wildman–Crippen MR) is 114 cm³/mol. The lowest BCUT2D eigenvalue weighted by molar-refractivity contribution is 0.0474. The van der Waals surface area contributed by atoms with Crippen molar-refractivity contribution < 1.29 is 23.9 Å². The minimum atomic E-state index is -0.632. The van der Waals surface area contributed by atoms with Gasteiger partial charge in [0.15, 0.2) is 12.4 Å². The van der Waals surface area contributed by atoms with Crippen LogP contribution in [0.25, 0.3) is 0 Å². The molecule has 0 aliphatic carbocycles. The molecule has 30 heavy (non-hydrogen) atoms. The molecule has 3 aromatic rings. The van der Waals surface area contributed by atoms with Crippen molar-refractivity contribution in [3.05, 3.63) is 98.5 Å². The van der Waals surface area contributed by atoms with Crippen molar-refractivity contribution in [2.45, 2.75) is 0 Å². The fourth-order valence-corrected chi connectivity index (χ4v) is 2.81. The smallest absolute Gasteiger partial charge is 0.343 e. The van der Waals surface area contributed by atoms with E-state index in [2.05, 4.69) is 0 Å². The first-order valence-corrected chi connectivity index (χ1v) is 9.70. The maximum absolute atomic E-state index is 12.2. The fourth-order valence-electron chi connectivity index (χ4n) is 2.38. The van der Waals surface area contributed by atoms with E-state index in [0.717, 1.165) is 0 Å². The van der Waals surface area contributed by atoms with Gasteiger partial charge >= 0.3 is 11.9 Å². The molecule has 0 N–H and O–H groups in total. The van der Waals surface area contributed by atoms with Crippen LogP contribution in [-0.4, -0.2) is 24.3 Å². The number of halogens is 3. The van der Waals surface area contributed by atoms with Crippen molar-refractivity contribution in [3.63, 3.8) is 0 Å². The van der Waals surface area contributed by atoms with Gasteiger partial charge in [0.05, 0.1) is 21.2 Å². The van der Waals surface area contributed by atoms with Gasteiger partial charge in [-0.3, -0.25) is 4.79 Å². The van der Waals surface area contributed by atoms with Gasteiger partial charge in [-0.2, -0.15) is 0 Å². The highest BCUT2D eigenvalue weighted by atomic mass is 35.5. The van der Waals surface area contributed by atoms with Gasteiger partial charge in [0, 0.05) is 10.6 Å². The zero-order valence-electron chi connectivity index (χ0n) is 15.2. The second-order valence-corrected chi connectivity index (χ2v) is 7.30. The van der Waals surface area contributed by atoms with Gasteiger partial charge < -0.3 is 9.47 Å². The second-order valence-electron chi connectivity index (χ2n) is 6.05. The summed E-state index contributed by atoms with van der Waals surface area (Å²) < 4.78 is 10.3. The minimum absolute atomic E-state index is 0.235. The van der Waals surface area contributed by atoms with E-state index >= 15 is 0 Å². The molecule has 0 saturated heterocycles. The highest BCUT2D eigenvalue weighted by molar-refractivity contribution is 6.42. The van der Waals surface area contributed by atoms with Crippen molar-refractivity contribution in [2.24, 2.45) is 0 Å². The average Bonchev–Trinajstić information content (AvgIpc) is 2.74. The molecule has 152 valence electrons. The van der Waals surface area contributed by atoms with E-state index in [-0.39, 0.29) is 21.9 Å². The van der Waals surface area contributed by atoms with Crippen molar-refractivity contribution in [1.82, 2.24) is 0 Å². The molecule has 0 aliphatic rings. The topological polar surface area (TPSA) is 69.7 Å². The average molecular weight is 464 g/mol. The summed E-state index contributed by atoms with van der Waals surface area (Å²) in [5.41, 5.74) is 0.823. The Bertz CT molecular complexity index is 1090. The Hall–Kier alpha value is -2.86. The van der Waals surface area contributed by atoms with E-state index in [1.807, 2.05) is 0 Å². The van der Waals surface area contributed by atoms with Crippen LogP contribution in [0.4, 0.5) is 0 Å². The molecule has 0 aliphatic heterocycles. The second kappa shape index (κ2) is 9.76. The fraction of sp³-hybridized carbons (Fsp3) is 0.0455. The van der Waals surface area contributed by atoms with Crippen molar-refractivity contribution in [1.29, 1.82) is 0 Å². The number of carbonyl (C=O) groups excluding carboxylic acids is 3. The molecule has 0 radical (unpaired) electrons. The van der Waals surface area contributed by atoms with Gasteiger partial charge in [-0.25, -0.2) is 9.59 Å². The monoisotopic (exact) mass is 462 g/mol. The Morgan fingerprint density at radius 3 is 1.90 bits per heavy atom. The van der Waals surface area contributed by atoms with Crippen LogP contribution in [0.15, 0.2) is 66.7 Å². The lowest BCUT2D eigenvalue weighted by Gasteiger charge is -2.07. The summed E-state index contributed by atoms with van der Waals surface area (Å²) in [6.07, 6.45) is 0. The number of ketones is 1. The van der Waals surface area contributed by atoms with E-state index in [4.69, 9.17) is 44.3 Å². The van der Waals surface area contributed by atoms with Gasteiger partial charge in [-0.15, -0.1) is 0 Å². The number of carbonyl (C=O) groups is 3. The SMILES string of the molecule is O=C(COC(=O)c1ccc(Cl)cc1)c1ccc(OC(=O)c2ccc(Cl)c(Cl)c2)cc1. The standard InChI is InChI=1S/C22H13Cl3O5/c23-16-6-1-14(2-7-16)21(27)29-12-20(26)13-3-8-17(9-4-13)30-22(28)15-5-10-18(24)19(25)11-15/h1-11H,12H2. The van der Waals surface area contributed by atoms with Gasteiger partial charge in [0.2, 0.25) is 0 Å². The summed E-state index contributed by atoms with van der Waals surface area (Å²) in [5.74, 6) is -1.42. The molecule has 0 saturated carbocycles. The predicted octanol–water partition coefficient (Wildman–Crippen LogP) is 5.91. The third-order valence-corrected chi connectivity index (χ3v) is 4.95. The number of benzene rings is 3. The molecular weight excluding hydrogens is 451 g/mol. The van der Waals surface area contributed by atoms with Crippen LogP contribution in [-0.2, 0) is 4.74 Å². The van der Waals surface area contributed by atoms with E-state index < -0.39 is 24.3 Å². The maximum Gasteiger partial charge on any atom is 0.343 e. The third-order valence-electron chi connectivity index (χ3n) is 3.96. The Morgan fingerprint density at radius 2 is 1.27 bits per heavy atom. The minimum Gasteiger partial charge on any atom is -0.454 e. The molecule has 0 heterocycles. The Balaban J connectivity index is 1.57. The van der Waals surface area contributed by atoms with Crippen molar-refractivity contribution in [2.75, 3.05) is 6.61 Å². The van der Waals surface area contributed by atoms with Crippen LogP contribution in [0.1, 0.15) is 31.1 Å². The number of rotatable bonds is 6. The number of ether oxygens (including phenoxy) is 2. The zero-order chi connectivity index (χ0) is 21.7. The zero-order valence-corrected chi connectivity index (χ0v) is 17.5. The number of hydrogen-bond donors (Lipinski definition) is 0. The van der Waals surface area contributed by atoms with Gasteiger partial charge in [-0.1, -0.05) is 34.8 Å². The number of Topliss-reactive ketones (excluding diaryl/α,β-unsaturated/α-hetero) is 1. The first-order valence-electron chi connectivity index (χ1n) is 8.56. The first kappa shape index (κ1) is 21.8. The van der Waals surface area contributed by atoms with Crippen molar-refractivity contribution >= 4 is 52.5 Å². The normalized spacial score (nSPS) is 10.4. The van der Waals surface area contributed by atoms with E-state index in [1.165, 1.54) is 54.6 Å². The quantitative estimate of drug-likeness (QED) is 0.258. The largest absolute Gasteiger partial charge is 0.454 e. The molecular formula is C22H13Cl3O5. The molecule has 0 unspecified atom stereocenters. The molecule has 8 heteroatoms. The van der Waals surface area contributed by atoms with E-state index in [0.29, 0.717) is 15.6 Å². The molecule has 0 fully saturated rings. The Morgan fingerprint density at radius 1 is 0.667 bits per heavy atom. The van der Waals surface area contributed by atoms with Gasteiger partial charge in [0.25, 0.3) is 0 Å². The highest BCUT2D eigenvalue weighted by Crippen LogP contribution is 2.23. The first-order chi connectivity index (χ1) is 14.3. The van der Waals surface area contributed by atoms with Crippen LogP contribution in [0.2, 0.25) is 15.1 Å². The maximum atomic E-state index is 12.2. The summed E-state index contributed by atoms with van der Waals surface area (Å²) in [4.78, 5) is 36.4. The molecule has 0 bridgehead atoms. The molecule has 3 aromatic carbocycles. The summed E-state index contributed by atoms with van der Waals surface area (Å²) in [6, 6.07) is 16.4. The van der Waals surface area contributed by atoms with Gasteiger partial charge in [-0.05, 0) is 66.7 Å². The molecule has 5 nitrogen and oxygen atoms in total. The lowest BCUT2D eigenvalue weighted by atomic mass is 10.1. The Kier molecular flexibility index (Phi) is 7.11. The summed E-state index contributed by atoms with van der Waals surface area (Å²) in [7, 11) is 0. The number of hydrogen-bond acceptors (Lipinski definition) is 5. The van der Waals surface area contributed by atoms with Crippen LogP contribution in [0.5, 0.6) is 5.75 Å². The molecule has 0 amide bonds. The molecule has 0 atom stereocenters. The van der Waals surface area contributed by atoms with Crippen LogP contribution in [0, 0.1) is 0 Å². The van der Waals surface area contributed by atoms with Gasteiger partial charge in [0.1, 0.15) is 5.75 Å². The summed E-state index contributed by atoms with van der Waals surface area (Å²) in [5, 5.41) is 1.05. The summed E-state index contributed by atoms with van der Waals surface area (Å²) >= 11 is 17.5. The summed E-state index contributed by atoms with van der Waals surface area (Å²) in [6.45, 7) is -0.427. The van der Waals surface area contributed by atoms with Crippen LogP contribution < -0.4 is 4.74 Å². The van der Waals surface area contributed by atoms with E-state index in [1.54, 1.807) is 12.1 Å². The van der Waals surface area contributed by atoms with E-state index in [9.17, 15) is 14.4 Å². The highest BCUT2D eigenvalue weighted by Gasteiger charge is 2.14. The number of esters is 2. The van der Waals surface area contributed by atoms with Crippen molar-refractivity contribution in [3.8, 4) is 5.75 Å².